The molecule has 1 rings (SSSR count). The van der Waals surface area contributed by atoms with Crippen LogP contribution >= 0.6 is 0 Å². The van der Waals surface area contributed by atoms with Crippen molar-refractivity contribution >= 4 is 5.91 Å². The molecule has 1 atom stereocenters. The van der Waals surface area contributed by atoms with E-state index in [2.05, 4.69) is 18.9 Å². The van der Waals surface area contributed by atoms with Crippen LogP contribution in [0.3, 0.4) is 0 Å². The van der Waals surface area contributed by atoms with Crippen molar-refractivity contribution in [2.45, 2.75) is 33.2 Å². The lowest BCUT2D eigenvalue weighted by molar-refractivity contribution is 0.0778. The minimum absolute atomic E-state index is 0.00550. The molecule has 0 saturated heterocycles. The summed E-state index contributed by atoms with van der Waals surface area (Å²) in [5, 5.41) is 4.18. The number of aromatic nitrogens is 2. The Morgan fingerprint density at radius 3 is 2.61 bits per heavy atom. The topological polar surface area (TPSA) is 64.2 Å². The van der Waals surface area contributed by atoms with Gasteiger partial charge in [0.25, 0.3) is 5.91 Å². The van der Waals surface area contributed by atoms with Crippen molar-refractivity contribution in [1.82, 2.24) is 14.7 Å². The van der Waals surface area contributed by atoms with Gasteiger partial charge in [0.2, 0.25) is 0 Å². The van der Waals surface area contributed by atoms with Gasteiger partial charge in [0.15, 0.2) is 0 Å². The van der Waals surface area contributed by atoms with Crippen molar-refractivity contribution in [3.8, 4) is 0 Å². The molecule has 0 spiro atoms. The summed E-state index contributed by atoms with van der Waals surface area (Å²) in [6.07, 6.45) is 0.816. The molecular formula is C13H24N4O. The quantitative estimate of drug-likeness (QED) is 0.855. The molecule has 0 aromatic carbocycles. The highest BCUT2D eigenvalue weighted by Crippen LogP contribution is 2.08. The molecule has 5 nitrogen and oxygen atoms in total. The van der Waals surface area contributed by atoms with Crippen LogP contribution in [0.1, 0.15) is 36.5 Å². The van der Waals surface area contributed by atoms with Gasteiger partial charge < -0.3 is 10.6 Å². The SMILES string of the molecule is Cc1cc(C(=O)N(C)CC[C@H](N)C(C)C)n(C)n1. The Morgan fingerprint density at radius 1 is 1.56 bits per heavy atom. The zero-order valence-electron chi connectivity index (χ0n) is 12.0. The average Bonchev–Trinajstić information content (AvgIpc) is 2.63. The highest BCUT2D eigenvalue weighted by atomic mass is 16.2. The molecular weight excluding hydrogens is 228 g/mol. The predicted molar refractivity (Wildman–Crippen MR) is 72.3 cm³/mol. The zero-order chi connectivity index (χ0) is 13.9. The number of nitrogens with zero attached hydrogens (tertiary/aromatic N) is 3. The van der Waals surface area contributed by atoms with E-state index in [-0.39, 0.29) is 11.9 Å². The normalized spacial score (nSPS) is 12.8. The van der Waals surface area contributed by atoms with Crippen molar-refractivity contribution in [2.75, 3.05) is 13.6 Å². The second kappa shape index (κ2) is 6.00. The third kappa shape index (κ3) is 3.57. The molecule has 1 aromatic heterocycles. The van der Waals surface area contributed by atoms with Crippen LogP contribution in [0.2, 0.25) is 0 Å². The number of hydrogen-bond acceptors (Lipinski definition) is 3. The molecule has 0 saturated carbocycles. The minimum atomic E-state index is -0.00550. The molecule has 1 heterocycles. The molecule has 0 aliphatic heterocycles. The van der Waals surface area contributed by atoms with Crippen LogP contribution in [0.4, 0.5) is 0 Å². The summed E-state index contributed by atoms with van der Waals surface area (Å²) in [7, 11) is 3.59. The molecule has 2 N–H and O–H groups in total. The van der Waals surface area contributed by atoms with Gasteiger partial charge in [-0.15, -0.1) is 0 Å². The summed E-state index contributed by atoms with van der Waals surface area (Å²) in [6, 6.07) is 1.94. The summed E-state index contributed by atoms with van der Waals surface area (Å²) in [5.41, 5.74) is 7.46. The second-order valence-corrected chi connectivity index (χ2v) is 5.22. The summed E-state index contributed by atoms with van der Waals surface area (Å²) >= 11 is 0. The van der Waals surface area contributed by atoms with Crippen LogP contribution in [-0.4, -0.2) is 40.2 Å². The van der Waals surface area contributed by atoms with Gasteiger partial charge >= 0.3 is 0 Å². The van der Waals surface area contributed by atoms with Crippen molar-refractivity contribution in [1.29, 1.82) is 0 Å². The van der Waals surface area contributed by atoms with Gasteiger partial charge in [-0.1, -0.05) is 13.8 Å². The van der Waals surface area contributed by atoms with E-state index in [1.165, 1.54) is 0 Å². The van der Waals surface area contributed by atoms with E-state index in [1.807, 2.05) is 6.92 Å². The Labute approximate surface area is 109 Å². The number of aryl methyl sites for hydroxylation is 2. The fraction of sp³-hybridized carbons (Fsp3) is 0.692. The van der Waals surface area contributed by atoms with Crippen LogP contribution < -0.4 is 5.73 Å². The van der Waals surface area contributed by atoms with Crippen LogP contribution in [0.5, 0.6) is 0 Å². The van der Waals surface area contributed by atoms with E-state index < -0.39 is 0 Å². The molecule has 1 aromatic rings. The summed E-state index contributed by atoms with van der Waals surface area (Å²) in [5.74, 6) is 0.432. The molecule has 0 aliphatic rings. The number of amides is 1. The van der Waals surface area contributed by atoms with Gasteiger partial charge in [0.1, 0.15) is 5.69 Å². The van der Waals surface area contributed by atoms with Gasteiger partial charge in [0, 0.05) is 26.7 Å². The Hall–Kier alpha value is -1.36. The number of carbonyl (C=O) groups is 1. The molecule has 18 heavy (non-hydrogen) atoms. The number of rotatable bonds is 5. The third-order valence-corrected chi connectivity index (χ3v) is 3.22. The highest BCUT2D eigenvalue weighted by Gasteiger charge is 2.17. The van der Waals surface area contributed by atoms with Gasteiger partial charge in [0.05, 0.1) is 5.69 Å². The monoisotopic (exact) mass is 252 g/mol. The molecule has 0 unspecified atom stereocenters. The Balaban J connectivity index is 2.59. The average molecular weight is 252 g/mol. The lowest BCUT2D eigenvalue weighted by atomic mass is 10.0. The van der Waals surface area contributed by atoms with Gasteiger partial charge in [-0.3, -0.25) is 9.48 Å². The van der Waals surface area contributed by atoms with Crippen molar-refractivity contribution in [3.05, 3.63) is 17.5 Å². The number of carbonyl (C=O) groups excluding carboxylic acids is 1. The Kier molecular flexibility index (Phi) is 4.90. The van der Waals surface area contributed by atoms with Crippen LogP contribution in [-0.2, 0) is 7.05 Å². The first-order chi connectivity index (χ1) is 8.32. The van der Waals surface area contributed by atoms with E-state index in [0.29, 0.717) is 18.2 Å². The molecule has 0 radical (unpaired) electrons. The fourth-order valence-electron chi connectivity index (χ4n) is 1.78. The zero-order valence-corrected chi connectivity index (χ0v) is 12.0. The molecule has 0 aliphatic carbocycles. The third-order valence-electron chi connectivity index (χ3n) is 3.22. The second-order valence-electron chi connectivity index (χ2n) is 5.22. The lowest BCUT2D eigenvalue weighted by Gasteiger charge is -2.21. The first kappa shape index (κ1) is 14.7. The van der Waals surface area contributed by atoms with Gasteiger partial charge in [-0.05, 0) is 25.3 Å². The van der Waals surface area contributed by atoms with Gasteiger partial charge in [-0.2, -0.15) is 5.10 Å². The van der Waals surface area contributed by atoms with Crippen molar-refractivity contribution in [2.24, 2.45) is 18.7 Å². The maximum atomic E-state index is 12.2. The van der Waals surface area contributed by atoms with Crippen LogP contribution in [0.25, 0.3) is 0 Å². The van der Waals surface area contributed by atoms with Crippen molar-refractivity contribution in [3.63, 3.8) is 0 Å². The summed E-state index contributed by atoms with van der Waals surface area (Å²) in [6.45, 7) is 6.74. The molecule has 1 amide bonds. The van der Waals surface area contributed by atoms with Crippen LogP contribution in [0, 0.1) is 12.8 Å². The molecule has 0 bridgehead atoms. The van der Waals surface area contributed by atoms with E-state index in [4.69, 9.17) is 5.73 Å². The molecule has 0 fully saturated rings. The summed E-state index contributed by atoms with van der Waals surface area (Å²) in [4.78, 5) is 13.9. The largest absolute Gasteiger partial charge is 0.340 e. The van der Waals surface area contributed by atoms with E-state index in [1.54, 1.807) is 29.7 Å². The summed E-state index contributed by atoms with van der Waals surface area (Å²) < 4.78 is 1.62. The van der Waals surface area contributed by atoms with E-state index in [0.717, 1.165) is 12.1 Å². The first-order valence-corrected chi connectivity index (χ1v) is 6.34. The smallest absolute Gasteiger partial charge is 0.271 e. The Bertz CT molecular complexity index is 411. The number of hydrogen-bond donors (Lipinski definition) is 1. The Morgan fingerprint density at radius 2 is 2.17 bits per heavy atom. The predicted octanol–water partition coefficient (Wildman–Crippen LogP) is 1.17. The van der Waals surface area contributed by atoms with E-state index >= 15 is 0 Å². The van der Waals surface area contributed by atoms with Gasteiger partial charge in [-0.25, -0.2) is 0 Å². The van der Waals surface area contributed by atoms with Crippen molar-refractivity contribution < 1.29 is 4.79 Å². The minimum Gasteiger partial charge on any atom is -0.340 e. The number of nitrogens with two attached hydrogens (primary N) is 1. The fourth-order valence-corrected chi connectivity index (χ4v) is 1.78. The van der Waals surface area contributed by atoms with E-state index in [9.17, 15) is 4.79 Å². The van der Waals surface area contributed by atoms with Crippen LogP contribution in [0.15, 0.2) is 6.07 Å². The maximum Gasteiger partial charge on any atom is 0.271 e. The first-order valence-electron chi connectivity index (χ1n) is 6.34. The molecule has 102 valence electrons. The standard InChI is InChI=1S/C13H24N4O/c1-9(2)11(14)6-7-16(4)13(18)12-8-10(3)15-17(12)5/h8-9,11H,6-7,14H2,1-5H3/t11-/m0/s1. The lowest BCUT2D eigenvalue weighted by Crippen LogP contribution is -2.35. The highest BCUT2D eigenvalue weighted by molar-refractivity contribution is 5.92. The maximum absolute atomic E-state index is 12.2. The molecule has 5 heteroatoms.